The van der Waals surface area contributed by atoms with E-state index in [2.05, 4.69) is 18.8 Å². The zero-order valence-corrected chi connectivity index (χ0v) is 17.7. The molecule has 0 fully saturated rings. The van der Waals surface area contributed by atoms with Crippen molar-refractivity contribution in [2.75, 3.05) is 7.11 Å². The van der Waals surface area contributed by atoms with Gasteiger partial charge in [0, 0.05) is 34.0 Å². The molecule has 4 aromatic rings. The molecule has 0 aliphatic heterocycles. The Morgan fingerprint density at radius 1 is 1.19 bits per heavy atom. The maximum absolute atomic E-state index is 14.3. The Kier molecular flexibility index (Phi) is 4.52. The van der Waals surface area contributed by atoms with Gasteiger partial charge in [-0.3, -0.25) is 4.98 Å². The molecule has 0 saturated heterocycles. The number of para-hydroxylation sites is 1. The molecule has 2 aromatic heterocycles. The van der Waals surface area contributed by atoms with Crippen LogP contribution in [0.1, 0.15) is 48.9 Å². The van der Waals surface area contributed by atoms with Gasteiger partial charge in [-0.1, -0.05) is 32.0 Å². The number of nitrogens with one attached hydrogen (secondary N) is 1. The molecule has 5 rings (SSSR count). The Balaban J connectivity index is 1.75. The summed E-state index contributed by atoms with van der Waals surface area (Å²) in [5, 5.41) is 13.0. The van der Waals surface area contributed by atoms with Crippen LogP contribution in [0.5, 0.6) is 5.75 Å². The van der Waals surface area contributed by atoms with Crippen LogP contribution >= 0.6 is 0 Å². The number of aromatic amines is 1. The van der Waals surface area contributed by atoms with E-state index in [0.29, 0.717) is 17.7 Å². The van der Waals surface area contributed by atoms with E-state index in [1.165, 1.54) is 19.2 Å². The molecule has 0 saturated carbocycles. The lowest BCUT2D eigenvalue weighted by Crippen LogP contribution is -2.27. The predicted molar refractivity (Wildman–Crippen MR) is 116 cm³/mol. The van der Waals surface area contributed by atoms with Crippen molar-refractivity contribution in [3.8, 4) is 5.75 Å². The lowest BCUT2D eigenvalue weighted by atomic mass is 9.74. The second-order valence-corrected chi connectivity index (χ2v) is 9.17. The van der Waals surface area contributed by atoms with E-state index in [4.69, 9.17) is 9.72 Å². The third-order valence-electron chi connectivity index (χ3n) is 6.20. The highest BCUT2D eigenvalue weighted by molar-refractivity contribution is 6.10. The fourth-order valence-corrected chi connectivity index (χ4v) is 4.94. The molecule has 1 unspecified atom stereocenters. The number of halogens is 2. The Bertz CT molecular complexity index is 1300. The van der Waals surface area contributed by atoms with Crippen LogP contribution in [0.4, 0.5) is 8.78 Å². The van der Waals surface area contributed by atoms with Crippen LogP contribution in [-0.2, 0) is 12.8 Å². The van der Waals surface area contributed by atoms with Crippen LogP contribution in [0.3, 0.4) is 0 Å². The monoisotopic (exact) mass is 422 g/mol. The van der Waals surface area contributed by atoms with E-state index < -0.39 is 17.7 Å². The summed E-state index contributed by atoms with van der Waals surface area (Å²) < 4.78 is 33.4. The van der Waals surface area contributed by atoms with Crippen molar-refractivity contribution in [3.63, 3.8) is 0 Å². The number of nitrogens with zero attached hydrogens (tertiary/aromatic N) is 1. The first kappa shape index (κ1) is 19.9. The minimum atomic E-state index is -0.736. The quantitative estimate of drug-likeness (QED) is 0.452. The first-order chi connectivity index (χ1) is 14.8. The number of ether oxygens (including phenoxy) is 1. The van der Waals surface area contributed by atoms with E-state index in [1.807, 2.05) is 24.3 Å². The number of hydrogen-bond acceptors (Lipinski definition) is 3. The van der Waals surface area contributed by atoms with E-state index in [1.54, 1.807) is 0 Å². The second-order valence-electron chi connectivity index (χ2n) is 9.17. The minimum absolute atomic E-state index is 0.0885. The molecule has 6 heteroatoms. The van der Waals surface area contributed by atoms with Gasteiger partial charge in [-0.25, -0.2) is 8.78 Å². The lowest BCUT2D eigenvalue weighted by Gasteiger charge is -2.34. The molecule has 2 N–H and O–H groups in total. The molecule has 2 aromatic carbocycles. The van der Waals surface area contributed by atoms with Crippen molar-refractivity contribution in [1.82, 2.24) is 9.97 Å². The topological polar surface area (TPSA) is 58.1 Å². The number of rotatable bonds is 3. The van der Waals surface area contributed by atoms with Crippen molar-refractivity contribution in [3.05, 3.63) is 70.5 Å². The SMILES string of the molecule is COc1c(F)cc(Cc2nc3c(c4c2[nH]c2ccccc24)C(O)CC(C)(C)C3)cc1F. The fourth-order valence-electron chi connectivity index (χ4n) is 4.94. The molecule has 1 atom stereocenters. The van der Waals surface area contributed by atoms with Crippen LogP contribution in [0, 0.1) is 17.0 Å². The fraction of sp³-hybridized carbons (Fsp3) is 0.320. The molecular weight excluding hydrogens is 398 g/mol. The zero-order valence-electron chi connectivity index (χ0n) is 17.7. The van der Waals surface area contributed by atoms with Gasteiger partial charge < -0.3 is 14.8 Å². The van der Waals surface area contributed by atoms with Crippen molar-refractivity contribution in [2.45, 2.75) is 39.2 Å². The maximum Gasteiger partial charge on any atom is 0.190 e. The summed E-state index contributed by atoms with van der Waals surface area (Å²) >= 11 is 0. The average Bonchev–Trinajstić information content (AvgIpc) is 3.06. The standard InChI is InChI=1S/C25H24F2N2O2/c1-25(2)11-19-22(20(30)12-25)21-14-6-4-5-7-17(14)29-23(21)18(28-19)10-13-8-15(26)24(31-3)16(27)9-13/h4-9,20,29-30H,10-12H2,1-3H3. The highest BCUT2D eigenvalue weighted by atomic mass is 19.1. The molecule has 1 aliphatic carbocycles. The normalized spacial score (nSPS) is 17.8. The summed E-state index contributed by atoms with van der Waals surface area (Å²) in [5.41, 5.74) is 4.55. The molecule has 2 heterocycles. The third-order valence-corrected chi connectivity index (χ3v) is 6.20. The van der Waals surface area contributed by atoms with Crippen LogP contribution in [0.2, 0.25) is 0 Å². The summed E-state index contributed by atoms with van der Waals surface area (Å²) in [6, 6.07) is 10.5. The molecule has 31 heavy (non-hydrogen) atoms. The lowest BCUT2D eigenvalue weighted by molar-refractivity contribution is 0.0997. The van der Waals surface area contributed by atoms with Gasteiger partial charge in [-0.15, -0.1) is 0 Å². The van der Waals surface area contributed by atoms with Gasteiger partial charge >= 0.3 is 0 Å². The smallest absolute Gasteiger partial charge is 0.190 e. The summed E-state index contributed by atoms with van der Waals surface area (Å²) in [4.78, 5) is 8.34. The molecule has 1 aliphatic rings. The average molecular weight is 422 g/mol. The largest absolute Gasteiger partial charge is 0.491 e. The van der Waals surface area contributed by atoms with E-state index in [9.17, 15) is 13.9 Å². The molecule has 0 radical (unpaired) electrons. The van der Waals surface area contributed by atoms with Gasteiger partial charge in [-0.2, -0.15) is 0 Å². The summed E-state index contributed by atoms with van der Waals surface area (Å²) in [6.07, 6.45) is 1.03. The predicted octanol–water partition coefficient (Wildman–Crippen LogP) is 5.60. The van der Waals surface area contributed by atoms with Crippen molar-refractivity contribution in [2.24, 2.45) is 5.41 Å². The van der Waals surface area contributed by atoms with Gasteiger partial charge in [0.25, 0.3) is 0 Å². The highest BCUT2D eigenvalue weighted by Crippen LogP contribution is 2.45. The number of benzene rings is 2. The third kappa shape index (κ3) is 3.26. The second kappa shape index (κ2) is 7.02. The molecule has 0 amide bonds. The van der Waals surface area contributed by atoms with Gasteiger partial charge in [-0.05, 0) is 42.0 Å². The van der Waals surface area contributed by atoms with Crippen LogP contribution in [-0.4, -0.2) is 22.2 Å². The van der Waals surface area contributed by atoms with Gasteiger partial charge in [0.2, 0.25) is 0 Å². The van der Waals surface area contributed by atoms with Gasteiger partial charge in [0.15, 0.2) is 17.4 Å². The molecular formula is C25H24F2N2O2. The minimum Gasteiger partial charge on any atom is -0.491 e. The van der Waals surface area contributed by atoms with Gasteiger partial charge in [0.1, 0.15) is 0 Å². The van der Waals surface area contributed by atoms with Crippen molar-refractivity contribution >= 4 is 21.8 Å². The highest BCUT2D eigenvalue weighted by Gasteiger charge is 2.35. The summed E-state index contributed by atoms with van der Waals surface area (Å²) in [6.45, 7) is 4.24. The van der Waals surface area contributed by atoms with Crippen LogP contribution in [0.15, 0.2) is 36.4 Å². The number of pyridine rings is 1. The van der Waals surface area contributed by atoms with Crippen LogP contribution < -0.4 is 4.74 Å². The zero-order chi connectivity index (χ0) is 21.9. The Morgan fingerprint density at radius 3 is 2.61 bits per heavy atom. The molecule has 4 nitrogen and oxygen atoms in total. The maximum atomic E-state index is 14.3. The van der Waals surface area contributed by atoms with E-state index >= 15 is 0 Å². The first-order valence-electron chi connectivity index (χ1n) is 10.4. The number of aliphatic hydroxyl groups is 1. The van der Waals surface area contributed by atoms with Crippen LogP contribution in [0.25, 0.3) is 21.8 Å². The molecule has 160 valence electrons. The Morgan fingerprint density at radius 2 is 1.90 bits per heavy atom. The first-order valence-corrected chi connectivity index (χ1v) is 10.4. The molecule has 0 bridgehead atoms. The number of aromatic nitrogens is 2. The van der Waals surface area contributed by atoms with Gasteiger partial charge in [0.05, 0.1) is 24.4 Å². The Labute approximate surface area is 178 Å². The molecule has 0 spiro atoms. The number of H-pyrrole nitrogens is 1. The number of fused-ring (bicyclic) bond motifs is 5. The number of hydrogen-bond donors (Lipinski definition) is 2. The Hall–Kier alpha value is -2.99. The van der Waals surface area contributed by atoms with Crippen molar-refractivity contribution < 1.29 is 18.6 Å². The van der Waals surface area contributed by atoms with E-state index in [0.717, 1.165) is 39.5 Å². The van der Waals surface area contributed by atoms with Crippen molar-refractivity contribution in [1.29, 1.82) is 0 Å². The summed E-state index contributed by atoms with van der Waals surface area (Å²) in [5.74, 6) is -1.86. The summed E-state index contributed by atoms with van der Waals surface area (Å²) in [7, 11) is 1.24. The number of methoxy groups -OCH3 is 1. The van der Waals surface area contributed by atoms with E-state index in [-0.39, 0.29) is 17.6 Å². The number of aliphatic hydroxyl groups excluding tert-OH is 1.